The molecule has 0 unspecified atom stereocenters. The molecule has 0 aliphatic carbocycles. The van der Waals surface area contributed by atoms with E-state index >= 15 is 0 Å². The first-order valence-electron chi connectivity index (χ1n) is 6.25. The van der Waals surface area contributed by atoms with Crippen molar-refractivity contribution in [2.24, 2.45) is 0 Å². The highest BCUT2D eigenvalue weighted by molar-refractivity contribution is 6.29. The van der Waals surface area contributed by atoms with Crippen LogP contribution in [0.2, 0.25) is 5.15 Å². The van der Waals surface area contributed by atoms with E-state index in [4.69, 9.17) is 16.3 Å². The number of methoxy groups -OCH3 is 1. The third kappa shape index (κ3) is 2.34. The normalized spacial score (nSPS) is 13.5. The summed E-state index contributed by atoms with van der Waals surface area (Å²) in [7, 11) is 1.63. The number of hydrogen-bond donors (Lipinski definition) is 0. The van der Waals surface area contributed by atoms with Gasteiger partial charge in [0.15, 0.2) is 0 Å². The van der Waals surface area contributed by atoms with Gasteiger partial charge in [0.1, 0.15) is 10.9 Å². The molecule has 0 saturated carbocycles. The van der Waals surface area contributed by atoms with Crippen LogP contribution >= 0.6 is 11.6 Å². The fraction of sp³-hybridized carbons (Fsp3) is 0.200. The van der Waals surface area contributed by atoms with Crippen LogP contribution in [0.1, 0.15) is 11.1 Å². The maximum atomic E-state index is 12.1. The van der Waals surface area contributed by atoms with Crippen LogP contribution in [0.5, 0.6) is 5.75 Å². The monoisotopic (exact) mass is 288 g/mol. The molecule has 102 valence electrons. The zero-order valence-corrected chi connectivity index (χ0v) is 11.7. The number of halogens is 1. The Morgan fingerprint density at radius 3 is 2.80 bits per heavy atom. The predicted molar refractivity (Wildman–Crippen MR) is 77.1 cm³/mol. The smallest absolute Gasteiger partial charge is 0.231 e. The van der Waals surface area contributed by atoms with Crippen LogP contribution in [0.3, 0.4) is 0 Å². The SMILES string of the molecule is COc1ccc(CN2C(=O)Cc3cc(Cl)ncc32)cc1. The van der Waals surface area contributed by atoms with Crippen molar-refractivity contribution in [1.82, 2.24) is 4.98 Å². The lowest BCUT2D eigenvalue weighted by molar-refractivity contribution is -0.117. The summed E-state index contributed by atoms with van der Waals surface area (Å²) in [6.07, 6.45) is 2.04. The summed E-state index contributed by atoms with van der Waals surface area (Å²) in [5.41, 5.74) is 2.82. The molecule has 3 rings (SSSR count). The summed E-state index contributed by atoms with van der Waals surface area (Å²) >= 11 is 5.86. The first-order valence-corrected chi connectivity index (χ1v) is 6.63. The number of anilines is 1. The summed E-state index contributed by atoms with van der Waals surface area (Å²) in [6.45, 7) is 0.527. The fourth-order valence-electron chi connectivity index (χ4n) is 2.32. The van der Waals surface area contributed by atoms with Crippen LogP contribution < -0.4 is 9.64 Å². The molecule has 1 aromatic heterocycles. The molecule has 1 aliphatic rings. The Kier molecular flexibility index (Phi) is 3.32. The van der Waals surface area contributed by atoms with Gasteiger partial charge >= 0.3 is 0 Å². The van der Waals surface area contributed by atoms with E-state index in [1.165, 1.54) is 0 Å². The first-order chi connectivity index (χ1) is 9.67. The molecule has 0 bridgehead atoms. The summed E-state index contributed by atoms with van der Waals surface area (Å²) in [5, 5.41) is 0.419. The Balaban J connectivity index is 1.86. The molecule has 0 radical (unpaired) electrons. The molecule has 0 fully saturated rings. The van der Waals surface area contributed by atoms with Crippen molar-refractivity contribution in [1.29, 1.82) is 0 Å². The van der Waals surface area contributed by atoms with E-state index in [2.05, 4.69) is 4.98 Å². The predicted octanol–water partition coefficient (Wildman–Crippen LogP) is 2.83. The summed E-state index contributed by atoms with van der Waals surface area (Å²) in [5.74, 6) is 0.871. The second-order valence-corrected chi connectivity index (χ2v) is 5.03. The van der Waals surface area contributed by atoms with Crippen molar-refractivity contribution in [3.63, 3.8) is 0 Å². The average Bonchev–Trinajstić information content (AvgIpc) is 2.75. The molecule has 0 spiro atoms. The molecule has 0 atom stereocenters. The van der Waals surface area contributed by atoms with Crippen LogP contribution in [0.4, 0.5) is 5.69 Å². The Labute approximate surface area is 122 Å². The molecule has 1 aliphatic heterocycles. The number of carbonyl (C=O) groups is 1. The number of hydrogen-bond acceptors (Lipinski definition) is 3. The Morgan fingerprint density at radius 2 is 2.10 bits per heavy atom. The van der Waals surface area contributed by atoms with Gasteiger partial charge in [0.25, 0.3) is 0 Å². The van der Waals surface area contributed by atoms with Crippen LogP contribution in [0.25, 0.3) is 0 Å². The number of ether oxygens (including phenoxy) is 1. The zero-order valence-electron chi connectivity index (χ0n) is 11.0. The highest BCUT2D eigenvalue weighted by atomic mass is 35.5. The molecule has 1 amide bonds. The van der Waals surface area contributed by atoms with Gasteiger partial charge in [0, 0.05) is 0 Å². The minimum Gasteiger partial charge on any atom is -0.497 e. The second kappa shape index (κ2) is 5.13. The van der Waals surface area contributed by atoms with Gasteiger partial charge in [-0.15, -0.1) is 0 Å². The van der Waals surface area contributed by atoms with Gasteiger partial charge in [0.05, 0.1) is 32.0 Å². The maximum Gasteiger partial charge on any atom is 0.231 e. The number of nitrogens with zero attached hydrogens (tertiary/aromatic N) is 2. The zero-order chi connectivity index (χ0) is 14.1. The van der Waals surface area contributed by atoms with Crippen LogP contribution in [0.15, 0.2) is 36.5 Å². The molecular weight excluding hydrogens is 276 g/mol. The van der Waals surface area contributed by atoms with E-state index in [-0.39, 0.29) is 5.91 Å². The molecule has 4 nitrogen and oxygen atoms in total. The number of fused-ring (bicyclic) bond motifs is 1. The molecule has 2 aromatic rings. The van der Waals surface area contributed by atoms with E-state index in [1.807, 2.05) is 24.3 Å². The fourth-order valence-corrected chi connectivity index (χ4v) is 2.51. The highest BCUT2D eigenvalue weighted by Crippen LogP contribution is 2.31. The molecule has 20 heavy (non-hydrogen) atoms. The minimum absolute atomic E-state index is 0.0693. The summed E-state index contributed by atoms with van der Waals surface area (Å²) < 4.78 is 5.12. The van der Waals surface area contributed by atoms with E-state index in [0.717, 1.165) is 22.6 Å². The second-order valence-electron chi connectivity index (χ2n) is 4.64. The third-order valence-electron chi connectivity index (χ3n) is 3.37. The van der Waals surface area contributed by atoms with Crippen molar-refractivity contribution >= 4 is 23.2 Å². The number of pyridine rings is 1. The van der Waals surface area contributed by atoms with E-state index in [9.17, 15) is 4.79 Å². The minimum atomic E-state index is 0.0693. The lowest BCUT2D eigenvalue weighted by Crippen LogP contribution is -2.26. The van der Waals surface area contributed by atoms with Crippen molar-refractivity contribution in [3.05, 3.63) is 52.8 Å². The van der Waals surface area contributed by atoms with Crippen LogP contribution in [-0.2, 0) is 17.8 Å². The van der Waals surface area contributed by atoms with Gasteiger partial charge in [-0.3, -0.25) is 4.79 Å². The van der Waals surface area contributed by atoms with Gasteiger partial charge in [0.2, 0.25) is 5.91 Å². The molecule has 5 heteroatoms. The van der Waals surface area contributed by atoms with Crippen molar-refractivity contribution in [2.75, 3.05) is 12.0 Å². The van der Waals surface area contributed by atoms with E-state index < -0.39 is 0 Å². The van der Waals surface area contributed by atoms with Gasteiger partial charge in [-0.05, 0) is 29.3 Å². The number of benzene rings is 1. The topological polar surface area (TPSA) is 42.4 Å². The number of amides is 1. The third-order valence-corrected chi connectivity index (χ3v) is 3.57. The molecule has 0 N–H and O–H groups in total. The van der Waals surface area contributed by atoms with Crippen LogP contribution in [-0.4, -0.2) is 18.0 Å². The van der Waals surface area contributed by atoms with Gasteiger partial charge in [-0.25, -0.2) is 4.98 Å². The number of rotatable bonds is 3. The lowest BCUT2D eigenvalue weighted by atomic mass is 10.2. The molecule has 1 aromatic carbocycles. The number of aromatic nitrogens is 1. The van der Waals surface area contributed by atoms with Gasteiger partial charge in [-0.2, -0.15) is 0 Å². The lowest BCUT2D eigenvalue weighted by Gasteiger charge is -2.17. The average molecular weight is 289 g/mol. The van der Waals surface area contributed by atoms with E-state index in [1.54, 1.807) is 24.3 Å². The van der Waals surface area contributed by atoms with Gasteiger partial charge < -0.3 is 9.64 Å². The Morgan fingerprint density at radius 1 is 1.35 bits per heavy atom. The molecule has 0 saturated heterocycles. The highest BCUT2D eigenvalue weighted by Gasteiger charge is 2.27. The Bertz CT molecular complexity index is 655. The Hall–Kier alpha value is -2.07. The van der Waals surface area contributed by atoms with Crippen molar-refractivity contribution in [3.8, 4) is 5.75 Å². The summed E-state index contributed by atoms with van der Waals surface area (Å²) in [6, 6.07) is 9.43. The first kappa shape index (κ1) is 12.9. The maximum absolute atomic E-state index is 12.1. The van der Waals surface area contributed by atoms with Gasteiger partial charge in [-0.1, -0.05) is 23.7 Å². The van der Waals surface area contributed by atoms with Crippen molar-refractivity contribution < 1.29 is 9.53 Å². The molecular formula is C15H13ClN2O2. The molecule has 2 heterocycles. The quantitative estimate of drug-likeness (QED) is 0.816. The van der Waals surface area contributed by atoms with Crippen molar-refractivity contribution in [2.45, 2.75) is 13.0 Å². The summed E-state index contributed by atoms with van der Waals surface area (Å²) in [4.78, 5) is 17.9. The van der Waals surface area contributed by atoms with Crippen LogP contribution in [0, 0.1) is 0 Å². The van der Waals surface area contributed by atoms with E-state index in [0.29, 0.717) is 18.1 Å². The number of carbonyl (C=O) groups excluding carboxylic acids is 1. The standard InChI is InChI=1S/C15H13ClN2O2/c1-20-12-4-2-10(3-5-12)9-18-13-8-17-14(16)6-11(13)7-15(18)19/h2-6,8H,7,9H2,1H3. The largest absolute Gasteiger partial charge is 0.497 e.